The van der Waals surface area contributed by atoms with Gasteiger partial charge in [-0.2, -0.15) is 0 Å². The molecule has 3 heteroatoms. The quantitative estimate of drug-likeness (QED) is 0.863. The van der Waals surface area contributed by atoms with Gasteiger partial charge in [-0.3, -0.25) is 0 Å². The lowest BCUT2D eigenvalue weighted by molar-refractivity contribution is 0.328. The average molecular weight is 250 g/mol. The monoisotopic (exact) mass is 250 g/mol. The number of nitrogens with one attached hydrogen (secondary N) is 1. The van der Waals surface area contributed by atoms with E-state index in [2.05, 4.69) is 24.1 Å². The Balaban J connectivity index is 1.73. The van der Waals surface area contributed by atoms with E-state index in [0.29, 0.717) is 12.1 Å². The summed E-state index contributed by atoms with van der Waals surface area (Å²) >= 11 is 0. The van der Waals surface area contributed by atoms with E-state index >= 15 is 0 Å². The van der Waals surface area contributed by atoms with E-state index in [1.807, 2.05) is 12.1 Å². The summed E-state index contributed by atoms with van der Waals surface area (Å²) in [5.74, 6) is -0.152. The van der Waals surface area contributed by atoms with Crippen LogP contribution in [-0.4, -0.2) is 36.6 Å². The molecule has 1 aliphatic heterocycles. The van der Waals surface area contributed by atoms with E-state index in [1.165, 1.54) is 18.5 Å². The predicted molar refractivity (Wildman–Crippen MR) is 73.2 cm³/mol. The van der Waals surface area contributed by atoms with Crippen LogP contribution >= 0.6 is 0 Å². The first-order chi connectivity index (χ1) is 8.63. The first-order valence-electron chi connectivity index (χ1n) is 6.86. The zero-order chi connectivity index (χ0) is 13.0. The van der Waals surface area contributed by atoms with Crippen molar-refractivity contribution in [3.05, 3.63) is 35.6 Å². The van der Waals surface area contributed by atoms with Gasteiger partial charge < -0.3 is 10.2 Å². The second kappa shape index (κ2) is 6.30. The molecule has 1 aromatic carbocycles. The van der Waals surface area contributed by atoms with Crippen LogP contribution in [-0.2, 0) is 6.42 Å². The minimum Gasteiger partial charge on any atom is -0.310 e. The summed E-state index contributed by atoms with van der Waals surface area (Å²) in [7, 11) is 0. The van der Waals surface area contributed by atoms with Crippen LogP contribution in [0.3, 0.4) is 0 Å². The van der Waals surface area contributed by atoms with Crippen LogP contribution in [0.4, 0.5) is 4.39 Å². The van der Waals surface area contributed by atoms with E-state index in [-0.39, 0.29) is 5.82 Å². The van der Waals surface area contributed by atoms with Gasteiger partial charge in [0.15, 0.2) is 0 Å². The molecular weight excluding hydrogens is 227 g/mol. The molecule has 100 valence electrons. The van der Waals surface area contributed by atoms with Gasteiger partial charge >= 0.3 is 0 Å². The van der Waals surface area contributed by atoms with Crippen molar-refractivity contribution in [2.24, 2.45) is 0 Å². The molecule has 18 heavy (non-hydrogen) atoms. The highest BCUT2D eigenvalue weighted by Gasteiger charge is 2.21. The normalized spacial score (nSPS) is 20.8. The molecule has 1 N–H and O–H groups in total. The topological polar surface area (TPSA) is 15.3 Å². The van der Waals surface area contributed by atoms with Gasteiger partial charge in [0, 0.05) is 25.2 Å². The third-order valence-electron chi connectivity index (χ3n) is 3.47. The molecule has 0 saturated carbocycles. The molecule has 2 nitrogen and oxygen atoms in total. The molecule has 2 rings (SSSR count). The Morgan fingerprint density at radius 1 is 1.33 bits per heavy atom. The van der Waals surface area contributed by atoms with Crippen LogP contribution in [0.2, 0.25) is 0 Å². The minimum atomic E-state index is -0.152. The zero-order valence-corrected chi connectivity index (χ0v) is 11.3. The first kappa shape index (κ1) is 13.5. The number of nitrogens with zero attached hydrogens (tertiary/aromatic N) is 1. The molecular formula is C15H23FN2. The molecule has 0 bridgehead atoms. The Kier molecular flexibility index (Phi) is 4.72. The highest BCUT2D eigenvalue weighted by Crippen LogP contribution is 2.11. The Morgan fingerprint density at radius 2 is 2.06 bits per heavy atom. The highest BCUT2D eigenvalue weighted by atomic mass is 19.1. The van der Waals surface area contributed by atoms with E-state index < -0.39 is 0 Å². The van der Waals surface area contributed by atoms with Gasteiger partial charge in [0.2, 0.25) is 0 Å². The Morgan fingerprint density at radius 3 is 2.72 bits per heavy atom. The zero-order valence-electron chi connectivity index (χ0n) is 11.3. The number of rotatable bonds is 5. The van der Waals surface area contributed by atoms with E-state index in [9.17, 15) is 4.39 Å². The van der Waals surface area contributed by atoms with Crippen LogP contribution in [0.15, 0.2) is 24.3 Å². The Bertz CT molecular complexity index is 361. The summed E-state index contributed by atoms with van der Waals surface area (Å²) in [6, 6.07) is 8.06. The fourth-order valence-electron chi connectivity index (χ4n) is 2.58. The summed E-state index contributed by atoms with van der Waals surface area (Å²) in [6.07, 6.45) is 2.25. The van der Waals surface area contributed by atoms with Gasteiger partial charge in [-0.15, -0.1) is 0 Å². The molecule has 1 aliphatic rings. The van der Waals surface area contributed by atoms with Crippen molar-refractivity contribution in [1.82, 2.24) is 10.2 Å². The molecule has 1 unspecified atom stereocenters. The van der Waals surface area contributed by atoms with Crippen molar-refractivity contribution < 1.29 is 4.39 Å². The Labute approximate surface area is 109 Å². The maximum atomic E-state index is 12.8. The van der Waals surface area contributed by atoms with Crippen molar-refractivity contribution in [2.45, 2.75) is 38.8 Å². The third kappa shape index (κ3) is 4.07. The molecule has 0 amide bonds. The summed E-state index contributed by atoms with van der Waals surface area (Å²) in [5, 5.41) is 3.59. The maximum Gasteiger partial charge on any atom is 0.123 e. The first-order valence-corrected chi connectivity index (χ1v) is 6.86. The van der Waals surface area contributed by atoms with Crippen LogP contribution < -0.4 is 5.32 Å². The van der Waals surface area contributed by atoms with Crippen molar-refractivity contribution in [3.63, 3.8) is 0 Å². The van der Waals surface area contributed by atoms with Crippen molar-refractivity contribution >= 4 is 0 Å². The van der Waals surface area contributed by atoms with Crippen molar-refractivity contribution in [3.8, 4) is 0 Å². The van der Waals surface area contributed by atoms with Gasteiger partial charge in [-0.05, 0) is 37.1 Å². The molecule has 0 radical (unpaired) electrons. The van der Waals surface area contributed by atoms with Gasteiger partial charge in [0.25, 0.3) is 0 Å². The van der Waals surface area contributed by atoms with Crippen LogP contribution in [0.5, 0.6) is 0 Å². The second-order valence-corrected chi connectivity index (χ2v) is 5.48. The number of hydrogen-bond donors (Lipinski definition) is 1. The minimum absolute atomic E-state index is 0.152. The van der Waals surface area contributed by atoms with E-state index in [4.69, 9.17) is 0 Å². The van der Waals surface area contributed by atoms with Gasteiger partial charge in [0.1, 0.15) is 5.82 Å². The summed E-state index contributed by atoms with van der Waals surface area (Å²) in [5.41, 5.74) is 1.22. The summed E-state index contributed by atoms with van der Waals surface area (Å²) in [4.78, 5) is 2.49. The summed E-state index contributed by atoms with van der Waals surface area (Å²) in [6.45, 7) is 7.77. The number of hydrogen-bond acceptors (Lipinski definition) is 2. The van der Waals surface area contributed by atoms with Gasteiger partial charge in [-0.1, -0.05) is 26.0 Å². The van der Waals surface area contributed by atoms with Gasteiger partial charge in [-0.25, -0.2) is 4.39 Å². The molecule has 1 fully saturated rings. The fourth-order valence-corrected chi connectivity index (χ4v) is 2.58. The number of halogens is 1. The third-order valence-corrected chi connectivity index (χ3v) is 3.47. The number of likely N-dealkylation sites (tertiary alicyclic amines) is 1. The second-order valence-electron chi connectivity index (χ2n) is 5.48. The lowest BCUT2D eigenvalue weighted by Gasteiger charge is -2.18. The molecule has 0 aliphatic carbocycles. The molecule has 0 aromatic heterocycles. The van der Waals surface area contributed by atoms with E-state index in [1.54, 1.807) is 12.1 Å². The predicted octanol–water partition coefficient (Wildman–Crippen LogP) is 2.44. The highest BCUT2D eigenvalue weighted by molar-refractivity contribution is 5.16. The smallest absolute Gasteiger partial charge is 0.123 e. The summed E-state index contributed by atoms with van der Waals surface area (Å²) < 4.78 is 12.8. The van der Waals surface area contributed by atoms with E-state index in [0.717, 1.165) is 19.5 Å². The van der Waals surface area contributed by atoms with Crippen LogP contribution in [0.1, 0.15) is 25.8 Å². The average Bonchev–Trinajstić information content (AvgIpc) is 2.75. The van der Waals surface area contributed by atoms with Gasteiger partial charge in [0.05, 0.1) is 0 Å². The molecule has 1 heterocycles. The molecule has 1 aromatic rings. The van der Waals surface area contributed by atoms with Crippen LogP contribution in [0.25, 0.3) is 0 Å². The molecule has 0 spiro atoms. The standard InChI is InChI=1S/C15H23FN2/c1-12(2)17-15-8-10-18(11-15)9-7-13-3-5-14(16)6-4-13/h3-6,12,15,17H,7-11H2,1-2H3. The largest absolute Gasteiger partial charge is 0.310 e. The lowest BCUT2D eigenvalue weighted by Crippen LogP contribution is -2.37. The van der Waals surface area contributed by atoms with Crippen molar-refractivity contribution in [2.75, 3.05) is 19.6 Å². The SMILES string of the molecule is CC(C)NC1CCN(CCc2ccc(F)cc2)C1. The van der Waals surface area contributed by atoms with Crippen molar-refractivity contribution in [1.29, 1.82) is 0 Å². The maximum absolute atomic E-state index is 12.8. The number of benzene rings is 1. The molecule has 1 atom stereocenters. The lowest BCUT2D eigenvalue weighted by atomic mass is 10.1. The Hall–Kier alpha value is -0.930. The molecule has 1 saturated heterocycles. The fraction of sp³-hybridized carbons (Fsp3) is 0.600. The van der Waals surface area contributed by atoms with Crippen LogP contribution in [0, 0.1) is 5.82 Å².